The van der Waals surface area contributed by atoms with Gasteiger partial charge in [0.2, 0.25) is 5.91 Å². The average molecular weight is 423 g/mol. The van der Waals surface area contributed by atoms with Crippen molar-refractivity contribution in [2.24, 2.45) is 0 Å². The van der Waals surface area contributed by atoms with Crippen LogP contribution in [0.2, 0.25) is 0 Å². The molecule has 0 unspecified atom stereocenters. The molecule has 1 saturated heterocycles. The Hall–Kier alpha value is -2.90. The van der Waals surface area contributed by atoms with Crippen molar-refractivity contribution in [3.8, 4) is 5.75 Å². The highest BCUT2D eigenvalue weighted by molar-refractivity contribution is 7.09. The Kier molecular flexibility index (Phi) is 6.61. The Morgan fingerprint density at radius 3 is 2.53 bits per heavy atom. The van der Waals surface area contributed by atoms with E-state index in [0.29, 0.717) is 12.1 Å². The molecular formula is C23H26N4O2S. The first-order chi connectivity index (χ1) is 14.7. The Bertz CT molecular complexity index is 934. The van der Waals surface area contributed by atoms with E-state index in [1.165, 1.54) is 4.88 Å². The minimum Gasteiger partial charge on any atom is -0.497 e. The van der Waals surface area contributed by atoms with Gasteiger partial charge in [-0.2, -0.15) is 0 Å². The number of nitrogens with zero attached hydrogens (tertiary/aromatic N) is 3. The molecule has 30 heavy (non-hydrogen) atoms. The van der Waals surface area contributed by atoms with Gasteiger partial charge >= 0.3 is 0 Å². The summed E-state index contributed by atoms with van der Waals surface area (Å²) in [6.07, 6.45) is 2.05. The van der Waals surface area contributed by atoms with Crippen LogP contribution in [-0.4, -0.2) is 49.1 Å². The van der Waals surface area contributed by atoms with E-state index in [0.717, 1.165) is 49.9 Å². The van der Waals surface area contributed by atoms with E-state index >= 15 is 0 Å². The molecular weight excluding hydrogens is 396 g/mol. The number of pyridine rings is 1. The number of carbonyl (C=O) groups excluding carboxylic acids is 1. The number of rotatable bonds is 7. The predicted molar refractivity (Wildman–Crippen MR) is 121 cm³/mol. The fraction of sp³-hybridized carbons (Fsp3) is 0.304. The molecule has 0 spiro atoms. The van der Waals surface area contributed by atoms with Crippen molar-refractivity contribution in [3.63, 3.8) is 0 Å². The van der Waals surface area contributed by atoms with Gasteiger partial charge in [-0.05, 0) is 41.3 Å². The number of hydrogen-bond donors (Lipinski definition) is 1. The average Bonchev–Trinajstić information content (AvgIpc) is 3.28. The van der Waals surface area contributed by atoms with Gasteiger partial charge in [-0.15, -0.1) is 11.3 Å². The van der Waals surface area contributed by atoms with Crippen molar-refractivity contribution in [3.05, 3.63) is 70.5 Å². The molecule has 6 nitrogen and oxygen atoms in total. The van der Waals surface area contributed by atoms with Gasteiger partial charge in [0.1, 0.15) is 11.6 Å². The molecule has 3 heterocycles. The topological polar surface area (TPSA) is 57.7 Å². The lowest BCUT2D eigenvalue weighted by atomic mass is 10.1. The van der Waals surface area contributed by atoms with Gasteiger partial charge in [-0.1, -0.05) is 18.2 Å². The first kappa shape index (κ1) is 20.4. The fourth-order valence-electron chi connectivity index (χ4n) is 3.54. The third-order valence-electron chi connectivity index (χ3n) is 5.21. The summed E-state index contributed by atoms with van der Waals surface area (Å²) in [6.45, 7) is 5.00. The summed E-state index contributed by atoms with van der Waals surface area (Å²) in [5.41, 5.74) is 1.66. The second kappa shape index (κ2) is 9.73. The molecule has 156 valence electrons. The van der Waals surface area contributed by atoms with Crippen LogP contribution in [0.3, 0.4) is 0 Å². The lowest BCUT2D eigenvalue weighted by molar-refractivity contribution is -0.115. The quantitative estimate of drug-likeness (QED) is 0.630. The Labute approximate surface area is 181 Å². The van der Waals surface area contributed by atoms with Crippen LogP contribution in [0.15, 0.2) is 60.1 Å². The number of piperazine rings is 1. The van der Waals surface area contributed by atoms with Gasteiger partial charge < -0.3 is 15.0 Å². The molecule has 1 aromatic carbocycles. The van der Waals surface area contributed by atoms with E-state index in [4.69, 9.17) is 4.74 Å². The molecule has 0 saturated carbocycles. The molecule has 4 rings (SSSR count). The first-order valence-electron chi connectivity index (χ1n) is 10.1. The number of carbonyl (C=O) groups is 1. The Morgan fingerprint density at radius 1 is 1.10 bits per heavy atom. The highest BCUT2D eigenvalue weighted by atomic mass is 32.1. The van der Waals surface area contributed by atoms with Crippen LogP contribution in [0.25, 0.3) is 0 Å². The number of thiophene rings is 1. The third kappa shape index (κ3) is 5.37. The standard InChI is InChI=1S/C23H26N4O2S/c1-29-20-7-4-18(5-8-20)15-23(28)25-19-6-9-22(24-16-19)27-12-10-26(11-13-27)17-21-3-2-14-30-21/h2-9,14,16H,10-13,15,17H2,1H3,(H,25,28). The van der Waals surface area contributed by atoms with Gasteiger partial charge in [0, 0.05) is 37.6 Å². The van der Waals surface area contributed by atoms with Gasteiger partial charge in [0.25, 0.3) is 0 Å². The highest BCUT2D eigenvalue weighted by Gasteiger charge is 2.18. The van der Waals surface area contributed by atoms with Crippen molar-refractivity contribution in [2.45, 2.75) is 13.0 Å². The number of nitrogens with one attached hydrogen (secondary N) is 1. The number of ether oxygens (including phenoxy) is 1. The van der Waals surface area contributed by atoms with Crippen LogP contribution in [0.1, 0.15) is 10.4 Å². The van der Waals surface area contributed by atoms with E-state index in [-0.39, 0.29) is 5.91 Å². The van der Waals surface area contributed by atoms with Crippen LogP contribution >= 0.6 is 11.3 Å². The van der Waals surface area contributed by atoms with Crippen molar-refractivity contribution in [1.82, 2.24) is 9.88 Å². The van der Waals surface area contributed by atoms with E-state index in [9.17, 15) is 4.79 Å². The van der Waals surface area contributed by atoms with Crippen molar-refractivity contribution >= 4 is 28.7 Å². The van der Waals surface area contributed by atoms with Gasteiger partial charge in [0.05, 0.1) is 25.4 Å². The summed E-state index contributed by atoms with van der Waals surface area (Å²) in [4.78, 5) is 23.1. The number of amides is 1. The van der Waals surface area contributed by atoms with Crippen LogP contribution < -0.4 is 15.0 Å². The molecule has 0 radical (unpaired) electrons. The monoisotopic (exact) mass is 422 g/mol. The highest BCUT2D eigenvalue weighted by Crippen LogP contribution is 2.19. The molecule has 0 bridgehead atoms. The third-order valence-corrected chi connectivity index (χ3v) is 6.07. The maximum absolute atomic E-state index is 12.3. The number of methoxy groups -OCH3 is 1. The Morgan fingerprint density at radius 2 is 1.90 bits per heavy atom. The summed E-state index contributed by atoms with van der Waals surface area (Å²) >= 11 is 1.81. The molecule has 1 N–H and O–H groups in total. The number of benzene rings is 1. The van der Waals surface area contributed by atoms with Crippen LogP contribution in [0, 0.1) is 0 Å². The maximum Gasteiger partial charge on any atom is 0.228 e. The SMILES string of the molecule is COc1ccc(CC(=O)Nc2ccc(N3CCN(Cc4cccs4)CC3)nc2)cc1. The molecule has 7 heteroatoms. The zero-order valence-corrected chi connectivity index (χ0v) is 17.9. The van der Waals surface area contributed by atoms with Crippen LogP contribution in [0.5, 0.6) is 5.75 Å². The molecule has 1 aliphatic rings. The van der Waals surface area contributed by atoms with Crippen molar-refractivity contribution in [2.75, 3.05) is 43.5 Å². The molecule has 0 atom stereocenters. The Balaban J connectivity index is 1.26. The lowest BCUT2D eigenvalue weighted by Gasteiger charge is -2.35. The summed E-state index contributed by atoms with van der Waals surface area (Å²) in [7, 11) is 1.63. The maximum atomic E-state index is 12.3. The molecule has 0 aliphatic carbocycles. The summed E-state index contributed by atoms with van der Waals surface area (Å²) < 4.78 is 5.15. The van der Waals surface area contributed by atoms with E-state index < -0.39 is 0 Å². The number of anilines is 2. The van der Waals surface area contributed by atoms with E-state index in [2.05, 4.69) is 37.6 Å². The summed E-state index contributed by atoms with van der Waals surface area (Å²) in [5.74, 6) is 1.68. The predicted octanol–water partition coefficient (Wildman–Crippen LogP) is 3.66. The van der Waals surface area contributed by atoms with Crippen molar-refractivity contribution in [1.29, 1.82) is 0 Å². The van der Waals surface area contributed by atoms with E-state index in [1.807, 2.05) is 47.7 Å². The first-order valence-corrected chi connectivity index (χ1v) is 11.0. The van der Waals surface area contributed by atoms with Gasteiger partial charge in [0.15, 0.2) is 0 Å². The van der Waals surface area contributed by atoms with Gasteiger partial charge in [-0.25, -0.2) is 4.98 Å². The molecule has 1 aliphatic heterocycles. The van der Waals surface area contributed by atoms with Gasteiger partial charge in [-0.3, -0.25) is 9.69 Å². The van der Waals surface area contributed by atoms with Crippen LogP contribution in [-0.2, 0) is 17.8 Å². The lowest BCUT2D eigenvalue weighted by Crippen LogP contribution is -2.46. The zero-order chi connectivity index (χ0) is 20.8. The summed E-state index contributed by atoms with van der Waals surface area (Å²) in [5, 5.41) is 5.05. The van der Waals surface area contributed by atoms with Crippen LogP contribution in [0.4, 0.5) is 11.5 Å². The molecule has 2 aromatic heterocycles. The smallest absolute Gasteiger partial charge is 0.228 e. The second-order valence-electron chi connectivity index (χ2n) is 7.32. The van der Waals surface area contributed by atoms with Crippen molar-refractivity contribution < 1.29 is 9.53 Å². The number of hydrogen-bond acceptors (Lipinski definition) is 6. The molecule has 1 amide bonds. The number of aromatic nitrogens is 1. The second-order valence-corrected chi connectivity index (χ2v) is 8.35. The minimum atomic E-state index is -0.0584. The summed E-state index contributed by atoms with van der Waals surface area (Å²) in [6, 6.07) is 15.7. The molecule has 1 fully saturated rings. The fourth-order valence-corrected chi connectivity index (χ4v) is 4.29. The minimum absolute atomic E-state index is 0.0584. The normalized spacial score (nSPS) is 14.5. The molecule has 3 aromatic rings. The zero-order valence-electron chi connectivity index (χ0n) is 17.1. The van der Waals surface area contributed by atoms with E-state index in [1.54, 1.807) is 13.3 Å². The largest absolute Gasteiger partial charge is 0.497 e.